The molecule has 2 fully saturated rings. The standard InChI is InChI=1S/C22H34N4O2.C9H5F3O/c1-24-10-8-18(9-11-24)26(15-19(28)16-27)25-12-6-17(7-13-25)21-14-23-22-5-3-2-4-20(21)22;10-7-4-6(2-1-3-13)5-8(11)9(7)12/h2-5,14,17-19,23,27-28H,6-13,15-16H2,1H3;1-5H/b;2-1+. The number of hydrogen-bond acceptors (Lipinski definition) is 6. The van der Waals surface area contributed by atoms with E-state index >= 15 is 0 Å². The second-order valence-electron chi connectivity index (χ2n) is 10.8. The number of H-pyrrole nitrogens is 1. The third kappa shape index (κ3) is 8.05. The van der Waals surface area contributed by atoms with E-state index in [2.05, 4.69) is 57.4 Å². The van der Waals surface area contributed by atoms with E-state index in [0.29, 0.717) is 24.8 Å². The molecule has 3 heterocycles. The Bertz CT molecular complexity index is 1280. The summed E-state index contributed by atoms with van der Waals surface area (Å²) >= 11 is 0. The summed E-state index contributed by atoms with van der Waals surface area (Å²) in [5, 5.41) is 25.7. The van der Waals surface area contributed by atoms with Crippen LogP contribution in [0.15, 0.2) is 48.7 Å². The average Bonchev–Trinajstić information content (AvgIpc) is 3.42. The molecule has 1 aromatic heterocycles. The molecule has 0 aliphatic carbocycles. The Balaban J connectivity index is 0.000000251. The second kappa shape index (κ2) is 14.7. The molecule has 2 aromatic carbocycles. The Labute approximate surface area is 238 Å². The number of allylic oxidation sites excluding steroid dienone is 1. The van der Waals surface area contributed by atoms with Gasteiger partial charge in [-0.3, -0.25) is 4.79 Å². The minimum absolute atomic E-state index is 0.100. The van der Waals surface area contributed by atoms with E-state index < -0.39 is 23.6 Å². The number of carbonyl (C=O) groups is 1. The molecule has 41 heavy (non-hydrogen) atoms. The fraction of sp³-hybridized carbons (Fsp3) is 0.452. The van der Waals surface area contributed by atoms with Crippen LogP contribution in [-0.2, 0) is 4.79 Å². The maximum atomic E-state index is 12.5. The quantitative estimate of drug-likeness (QED) is 0.212. The first-order valence-corrected chi connectivity index (χ1v) is 14.1. The van der Waals surface area contributed by atoms with Crippen LogP contribution in [0.25, 0.3) is 17.0 Å². The first-order valence-electron chi connectivity index (χ1n) is 14.1. The molecule has 1 unspecified atom stereocenters. The summed E-state index contributed by atoms with van der Waals surface area (Å²) in [5.41, 5.74) is 2.76. The van der Waals surface area contributed by atoms with Crippen LogP contribution in [0.5, 0.6) is 0 Å². The van der Waals surface area contributed by atoms with Gasteiger partial charge in [0.25, 0.3) is 0 Å². The first-order chi connectivity index (χ1) is 19.8. The smallest absolute Gasteiger partial charge is 0.194 e. The Kier molecular flexibility index (Phi) is 11.1. The summed E-state index contributed by atoms with van der Waals surface area (Å²) in [4.78, 5) is 15.7. The van der Waals surface area contributed by atoms with Gasteiger partial charge in [0.1, 0.15) is 6.29 Å². The zero-order valence-electron chi connectivity index (χ0n) is 23.4. The molecule has 7 nitrogen and oxygen atoms in total. The molecule has 0 bridgehead atoms. The molecular weight excluding hydrogens is 533 g/mol. The van der Waals surface area contributed by atoms with Crippen LogP contribution >= 0.6 is 0 Å². The Morgan fingerprint density at radius 3 is 2.34 bits per heavy atom. The van der Waals surface area contributed by atoms with Crippen molar-refractivity contribution < 1.29 is 28.2 Å². The summed E-state index contributed by atoms with van der Waals surface area (Å²) < 4.78 is 37.4. The van der Waals surface area contributed by atoms with E-state index in [9.17, 15) is 28.2 Å². The minimum Gasteiger partial charge on any atom is -0.394 e. The predicted octanol–water partition coefficient (Wildman–Crippen LogP) is 4.33. The molecule has 222 valence electrons. The number of piperidine rings is 2. The average molecular weight is 573 g/mol. The molecule has 3 N–H and O–H groups in total. The van der Waals surface area contributed by atoms with Crippen LogP contribution in [0.4, 0.5) is 13.2 Å². The van der Waals surface area contributed by atoms with Gasteiger partial charge in [-0.25, -0.2) is 23.2 Å². The fourth-order valence-corrected chi connectivity index (χ4v) is 5.75. The lowest BCUT2D eigenvalue weighted by atomic mass is 9.89. The number of para-hydroxylation sites is 1. The molecule has 2 saturated heterocycles. The highest BCUT2D eigenvalue weighted by Crippen LogP contribution is 2.34. The first kappa shape index (κ1) is 30.9. The lowest BCUT2D eigenvalue weighted by molar-refractivity contribution is -0.112. The monoisotopic (exact) mass is 572 g/mol. The Hall–Kier alpha value is -3.02. The number of nitrogens with one attached hydrogen (secondary N) is 1. The third-order valence-electron chi connectivity index (χ3n) is 7.99. The molecular formula is C31H39F3N4O3. The number of aliphatic hydroxyl groups excluding tert-OH is 2. The number of aliphatic hydroxyl groups is 2. The van der Waals surface area contributed by atoms with Crippen LogP contribution < -0.4 is 0 Å². The van der Waals surface area contributed by atoms with Crippen molar-refractivity contribution in [2.45, 2.75) is 43.7 Å². The van der Waals surface area contributed by atoms with Gasteiger partial charge in [-0.1, -0.05) is 24.3 Å². The molecule has 5 rings (SSSR count). The highest BCUT2D eigenvalue weighted by Gasteiger charge is 2.32. The fourth-order valence-electron chi connectivity index (χ4n) is 5.75. The van der Waals surface area contributed by atoms with Crippen molar-refractivity contribution >= 4 is 23.3 Å². The van der Waals surface area contributed by atoms with E-state index in [-0.39, 0.29) is 12.2 Å². The predicted molar refractivity (Wildman–Crippen MR) is 154 cm³/mol. The number of aromatic nitrogens is 1. The van der Waals surface area contributed by atoms with E-state index in [1.54, 1.807) is 0 Å². The van der Waals surface area contributed by atoms with Gasteiger partial charge in [0.15, 0.2) is 17.5 Å². The number of hydrazine groups is 1. The van der Waals surface area contributed by atoms with Crippen molar-refractivity contribution in [3.05, 3.63) is 77.2 Å². The molecule has 1 atom stereocenters. The molecule has 0 spiro atoms. The lowest BCUT2D eigenvalue weighted by Crippen LogP contribution is -2.56. The van der Waals surface area contributed by atoms with Crippen molar-refractivity contribution in [1.29, 1.82) is 0 Å². The number of aromatic amines is 1. The maximum Gasteiger partial charge on any atom is 0.194 e. The van der Waals surface area contributed by atoms with Crippen molar-refractivity contribution in [3.8, 4) is 0 Å². The number of rotatable bonds is 8. The van der Waals surface area contributed by atoms with Gasteiger partial charge in [-0.15, -0.1) is 0 Å². The Morgan fingerprint density at radius 1 is 1.05 bits per heavy atom. The number of fused-ring (bicyclic) bond motifs is 1. The van der Waals surface area contributed by atoms with Crippen LogP contribution in [0.1, 0.15) is 42.7 Å². The van der Waals surface area contributed by atoms with Gasteiger partial charge in [0.05, 0.1) is 12.7 Å². The van der Waals surface area contributed by atoms with Crippen LogP contribution in [0, 0.1) is 17.5 Å². The number of aldehydes is 1. The Morgan fingerprint density at radius 2 is 1.71 bits per heavy atom. The summed E-state index contributed by atoms with van der Waals surface area (Å²) in [6.45, 7) is 4.57. The summed E-state index contributed by atoms with van der Waals surface area (Å²) in [7, 11) is 2.18. The number of hydrogen-bond donors (Lipinski definition) is 3. The van der Waals surface area contributed by atoms with Gasteiger partial charge in [-0.05, 0) is 87.1 Å². The minimum atomic E-state index is -1.51. The van der Waals surface area contributed by atoms with Gasteiger partial charge >= 0.3 is 0 Å². The summed E-state index contributed by atoms with van der Waals surface area (Å²) in [5.74, 6) is -3.48. The molecule has 0 amide bonds. The number of carbonyl (C=O) groups excluding carboxylic acids is 1. The highest BCUT2D eigenvalue weighted by atomic mass is 19.2. The summed E-state index contributed by atoms with van der Waals surface area (Å²) in [6, 6.07) is 10.6. The van der Waals surface area contributed by atoms with Gasteiger partial charge in [0.2, 0.25) is 0 Å². The maximum absolute atomic E-state index is 12.5. The molecule has 3 aromatic rings. The molecule has 2 aliphatic rings. The number of benzene rings is 2. The van der Waals surface area contributed by atoms with E-state index in [0.717, 1.165) is 70.1 Å². The number of nitrogens with zero attached hydrogens (tertiary/aromatic N) is 3. The van der Waals surface area contributed by atoms with Crippen LogP contribution in [0.2, 0.25) is 0 Å². The summed E-state index contributed by atoms with van der Waals surface area (Å²) in [6.07, 6.45) is 8.71. The van der Waals surface area contributed by atoms with Crippen LogP contribution in [0.3, 0.4) is 0 Å². The SMILES string of the molecule is CN1CCC(N(CC(O)CO)N2CCC(c3c[nH]c4ccccc34)CC2)CC1.O=C/C=C/c1cc(F)c(F)c(F)c1. The van der Waals surface area contributed by atoms with Gasteiger partial charge in [-0.2, -0.15) is 0 Å². The van der Waals surface area contributed by atoms with Gasteiger partial charge < -0.3 is 20.1 Å². The van der Waals surface area contributed by atoms with E-state index in [1.165, 1.54) is 22.5 Å². The van der Waals surface area contributed by atoms with Crippen LogP contribution in [-0.4, -0.2) is 94.9 Å². The van der Waals surface area contributed by atoms with Crippen molar-refractivity contribution in [2.24, 2.45) is 0 Å². The molecule has 0 saturated carbocycles. The molecule has 0 radical (unpaired) electrons. The molecule has 10 heteroatoms. The zero-order chi connectivity index (χ0) is 29.4. The number of likely N-dealkylation sites (tertiary alicyclic amines) is 1. The third-order valence-corrected chi connectivity index (χ3v) is 7.99. The highest BCUT2D eigenvalue weighted by molar-refractivity contribution is 5.83. The largest absolute Gasteiger partial charge is 0.394 e. The normalized spacial score (nSPS) is 18.6. The number of halogens is 3. The second-order valence-corrected chi connectivity index (χ2v) is 10.8. The van der Waals surface area contributed by atoms with Gasteiger partial charge in [0, 0.05) is 42.8 Å². The molecule has 2 aliphatic heterocycles. The zero-order valence-corrected chi connectivity index (χ0v) is 23.4. The van der Waals surface area contributed by atoms with Crippen molar-refractivity contribution in [2.75, 3.05) is 46.4 Å². The van der Waals surface area contributed by atoms with E-state index in [1.807, 2.05) is 0 Å². The topological polar surface area (TPSA) is 83.0 Å². The van der Waals surface area contributed by atoms with Crippen molar-refractivity contribution in [3.63, 3.8) is 0 Å². The van der Waals surface area contributed by atoms with E-state index in [4.69, 9.17) is 0 Å². The van der Waals surface area contributed by atoms with Crippen molar-refractivity contribution in [1.82, 2.24) is 19.9 Å². The lowest BCUT2D eigenvalue weighted by Gasteiger charge is -2.46.